The molecule has 64 heavy (non-hydrogen) atoms. The van der Waals surface area contributed by atoms with Crippen molar-refractivity contribution in [1.82, 2.24) is 15.4 Å². The third-order valence-electron chi connectivity index (χ3n) is 10.5. The number of carbonyl (C=O) groups excluding carboxylic acids is 3. The molecule has 0 saturated carbocycles. The molecule has 2 amide bonds. The van der Waals surface area contributed by atoms with Gasteiger partial charge in [0.05, 0.1) is 22.5 Å². The van der Waals surface area contributed by atoms with Gasteiger partial charge in [-0.2, -0.15) is 13.5 Å². The van der Waals surface area contributed by atoms with Gasteiger partial charge in [-0.25, -0.2) is 4.98 Å². The third kappa shape index (κ3) is 10.1. The molecule has 1 fully saturated rings. The standard InChI is InChI=1S/C46H43N5O11S2/c1-29-48-35(28-63-29)40(37(52)25-34-45(54)51(46(34,2)3)62-64(56,57)58)49-61-43(44(53)47-4)36-26-38(59-41(30-17-9-5-10-18-30)31-19-11-6-12-20-31)39(27-50(36)55)60-42(32-21-13-7-14-22-32)33-23-15-8-16-24-33/h5-24,26-28,34,41-43H,25H2,1-4H3,(H2-,47,53,55,56,57,58)/p+1/b49-40-/t34-,43?/m1/s1. The summed E-state index contributed by atoms with van der Waals surface area (Å²) in [6.45, 7) is 4.61. The van der Waals surface area contributed by atoms with Crippen molar-refractivity contribution in [2.75, 3.05) is 7.05 Å². The number of β-lactam (4-membered cyclic amide) rings is 1. The van der Waals surface area contributed by atoms with Crippen molar-refractivity contribution < 1.29 is 55.9 Å². The Balaban J connectivity index is 1.31. The number of ether oxygens (including phenoxy) is 2. The summed E-state index contributed by atoms with van der Waals surface area (Å²) in [5.41, 5.74) is 1.36. The van der Waals surface area contributed by atoms with Crippen molar-refractivity contribution in [2.24, 2.45) is 11.1 Å². The van der Waals surface area contributed by atoms with Gasteiger partial charge in [0.15, 0.2) is 17.2 Å². The van der Waals surface area contributed by atoms with Gasteiger partial charge in [0.1, 0.15) is 17.9 Å². The molecule has 0 spiro atoms. The SMILES string of the molecule is CNC(=O)C(O/N=C(\C(=O)C[C@@H]1C(=O)N(OS(=O)(=O)O)C1(C)C)c1csc(C)n1)c1cc(OC(c2ccccc2)c2ccccc2)c(OC(c2ccccc2)c2ccccc2)c[n+]1O. The predicted octanol–water partition coefficient (Wildman–Crippen LogP) is 6.45. The monoisotopic (exact) mass is 906 g/mol. The molecule has 1 aliphatic heterocycles. The summed E-state index contributed by atoms with van der Waals surface area (Å²) in [7, 11) is -3.69. The van der Waals surface area contributed by atoms with E-state index in [0.29, 0.717) is 14.8 Å². The fourth-order valence-corrected chi connectivity index (χ4v) is 8.21. The highest BCUT2D eigenvalue weighted by Crippen LogP contribution is 2.42. The average Bonchev–Trinajstić information content (AvgIpc) is 3.73. The van der Waals surface area contributed by atoms with Crippen LogP contribution in [0.3, 0.4) is 0 Å². The maximum atomic E-state index is 14.0. The van der Waals surface area contributed by atoms with Crippen LogP contribution in [0, 0.1) is 12.8 Å². The van der Waals surface area contributed by atoms with Crippen LogP contribution in [0.4, 0.5) is 0 Å². The molecule has 3 N–H and O–H groups in total. The van der Waals surface area contributed by atoms with Crippen molar-refractivity contribution in [2.45, 2.75) is 51.0 Å². The number of hydrogen-bond acceptors (Lipinski definition) is 13. The van der Waals surface area contributed by atoms with Gasteiger partial charge in [0, 0.05) is 23.6 Å². The second kappa shape index (κ2) is 19.2. The molecular weight excluding hydrogens is 863 g/mol. The fraction of sp³-hybridized carbons (Fsp3) is 0.217. The van der Waals surface area contributed by atoms with E-state index in [1.165, 1.54) is 44.5 Å². The molecule has 16 nitrogen and oxygen atoms in total. The van der Waals surface area contributed by atoms with Crippen LogP contribution in [-0.4, -0.2) is 64.1 Å². The van der Waals surface area contributed by atoms with Crippen LogP contribution in [-0.2, 0) is 33.9 Å². The lowest BCUT2D eigenvalue weighted by molar-refractivity contribution is -0.911. The van der Waals surface area contributed by atoms with E-state index in [-0.39, 0.29) is 28.6 Å². The number of oxime groups is 1. The second-order valence-electron chi connectivity index (χ2n) is 15.2. The summed E-state index contributed by atoms with van der Waals surface area (Å²) in [4.78, 5) is 51.1. The minimum absolute atomic E-state index is 0.0739. The number of benzene rings is 4. The summed E-state index contributed by atoms with van der Waals surface area (Å²) in [6.07, 6.45) is -2.40. The maximum absolute atomic E-state index is 14.0. The first kappa shape index (κ1) is 45.0. The van der Waals surface area contributed by atoms with E-state index < -0.39 is 64.2 Å². The molecule has 4 aromatic carbocycles. The van der Waals surface area contributed by atoms with Gasteiger partial charge in [0.25, 0.3) is 29.8 Å². The van der Waals surface area contributed by atoms with Crippen molar-refractivity contribution >= 4 is 45.0 Å². The first-order valence-electron chi connectivity index (χ1n) is 19.9. The number of ketones is 1. The Morgan fingerprint density at radius 2 is 1.34 bits per heavy atom. The van der Waals surface area contributed by atoms with Crippen molar-refractivity contribution in [3.63, 3.8) is 0 Å². The van der Waals surface area contributed by atoms with Crippen LogP contribution in [0.1, 0.15) is 77.2 Å². The Labute approximate surface area is 373 Å². The average molecular weight is 907 g/mol. The Bertz CT molecular complexity index is 2680. The lowest BCUT2D eigenvalue weighted by atomic mass is 9.74. The quantitative estimate of drug-likeness (QED) is 0.0212. The van der Waals surface area contributed by atoms with Gasteiger partial charge in [-0.05, 0) is 43.0 Å². The Morgan fingerprint density at radius 3 is 1.77 bits per heavy atom. The van der Waals surface area contributed by atoms with Crippen molar-refractivity contribution in [3.05, 3.63) is 178 Å². The normalized spacial score (nSPS) is 15.4. The predicted molar refractivity (Wildman–Crippen MR) is 232 cm³/mol. The highest BCUT2D eigenvalue weighted by molar-refractivity contribution is 7.80. The molecule has 18 heteroatoms. The largest absolute Gasteiger partial charge is 0.477 e. The zero-order chi connectivity index (χ0) is 45.6. The number of Topliss-reactive ketones (excluding diaryl/α,β-unsaturated/α-hetero) is 1. The van der Waals surface area contributed by atoms with E-state index in [9.17, 15) is 32.6 Å². The minimum atomic E-state index is -5.04. The summed E-state index contributed by atoms with van der Waals surface area (Å²) in [5, 5.41) is 21.0. The summed E-state index contributed by atoms with van der Waals surface area (Å²) >= 11 is 1.20. The van der Waals surface area contributed by atoms with E-state index in [1.54, 1.807) is 12.3 Å². The van der Waals surface area contributed by atoms with Crippen molar-refractivity contribution in [3.8, 4) is 11.5 Å². The molecule has 2 atom stereocenters. The van der Waals surface area contributed by atoms with Gasteiger partial charge in [-0.1, -0.05) is 126 Å². The molecule has 1 aliphatic rings. The summed E-state index contributed by atoms with van der Waals surface area (Å²) in [5.74, 6) is -3.32. The lowest BCUT2D eigenvalue weighted by Crippen LogP contribution is -2.68. The number of nitrogens with one attached hydrogen (secondary N) is 1. The van der Waals surface area contributed by atoms with Crippen LogP contribution in [0.25, 0.3) is 0 Å². The highest BCUT2D eigenvalue weighted by atomic mass is 32.3. The molecule has 6 aromatic rings. The Kier molecular flexibility index (Phi) is 13.5. The first-order valence-corrected chi connectivity index (χ1v) is 22.1. The number of pyridine rings is 1. The molecule has 1 saturated heterocycles. The van der Waals surface area contributed by atoms with Crippen molar-refractivity contribution in [1.29, 1.82) is 0 Å². The number of nitrogens with zero attached hydrogens (tertiary/aromatic N) is 4. The molecule has 0 aliphatic carbocycles. The summed E-state index contributed by atoms with van der Waals surface area (Å²) < 4.78 is 50.8. The molecular formula is C46H44N5O11S2+. The van der Waals surface area contributed by atoms with Crippen LogP contribution < -0.4 is 19.5 Å². The molecule has 330 valence electrons. The number of amides is 2. The number of hydroxylamine groups is 2. The van der Waals surface area contributed by atoms with E-state index in [0.717, 1.165) is 22.3 Å². The van der Waals surface area contributed by atoms with Gasteiger partial charge in [-0.3, -0.25) is 24.1 Å². The van der Waals surface area contributed by atoms with Crippen LogP contribution in [0.2, 0.25) is 0 Å². The van der Waals surface area contributed by atoms with Gasteiger partial charge < -0.3 is 19.6 Å². The van der Waals surface area contributed by atoms with Gasteiger partial charge >= 0.3 is 10.4 Å². The van der Waals surface area contributed by atoms with Gasteiger partial charge in [-0.15, -0.1) is 15.6 Å². The first-order chi connectivity index (χ1) is 30.6. The number of hydrogen-bond donors (Lipinski definition) is 3. The van der Waals surface area contributed by atoms with E-state index in [4.69, 9.17) is 14.3 Å². The number of likely N-dealkylation sites (N-methyl/N-ethyl adjacent to an activating group) is 1. The lowest BCUT2D eigenvalue weighted by Gasteiger charge is -2.50. The molecule has 3 heterocycles. The van der Waals surface area contributed by atoms with Gasteiger partial charge in [0.2, 0.25) is 5.75 Å². The number of carbonyl (C=O) groups is 3. The van der Waals surface area contributed by atoms with Crippen LogP contribution in [0.5, 0.6) is 11.5 Å². The topological polar surface area (TPSA) is 207 Å². The van der Waals surface area contributed by atoms with E-state index >= 15 is 0 Å². The molecule has 2 aromatic heterocycles. The summed E-state index contributed by atoms with van der Waals surface area (Å²) in [6, 6.07) is 39.3. The number of rotatable bonds is 18. The number of aromatic nitrogens is 2. The highest BCUT2D eigenvalue weighted by Gasteiger charge is 2.57. The van der Waals surface area contributed by atoms with Crippen LogP contribution in [0.15, 0.2) is 144 Å². The number of thiazole rings is 1. The fourth-order valence-electron chi connectivity index (χ4n) is 7.15. The van der Waals surface area contributed by atoms with E-state index in [1.807, 2.05) is 121 Å². The third-order valence-corrected chi connectivity index (χ3v) is 11.6. The molecule has 0 bridgehead atoms. The number of aryl methyl sites for hydroxylation is 1. The zero-order valence-corrected chi connectivity index (χ0v) is 36.6. The maximum Gasteiger partial charge on any atom is 0.418 e. The van der Waals surface area contributed by atoms with E-state index in [2.05, 4.69) is 19.7 Å². The Morgan fingerprint density at radius 1 is 0.859 bits per heavy atom. The Hall–Kier alpha value is -6.99. The minimum Gasteiger partial charge on any atom is -0.477 e. The smallest absolute Gasteiger partial charge is 0.418 e. The second-order valence-corrected chi connectivity index (χ2v) is 17.2. The van der Waals surface area contributed by atoms with Crippen LogP contribution >= 0.6 is 11.3 Å². The zero-order valence-electron chi connectivity index (χ0n) is 35.0. The molecule has 0 radical (unpaired) electrons. The molecule has 1 unspecified atom stereocenters. The molecule has 7 rings (SSSR count).